The summed E-state index contributed by atoms with van der Waals surface area (Å²) in [7, 11) is 0. The summed E-state index contributed by atoms with van der Waals surface area (Å²) in [6.07, 6.45) is 5.17. The summed E-state index contributed by atoms with van der Waals surface area (Å²) in [5.41, 5.74) is 0.320. The van der Waals surface area contributed by atoms with E-state index in [2.05, 4.69) is 23.8 Å². The first kappa shape index (κ1) is 20.1. The van der Waals surface area contributed by atoms with Crippen molar-refractivity contribution in [2.45, 2.75) is 39.0 Å². The third-order valence-electron chi connectivity index (χ3n) is 5.31. The molecule has 0 amide bonds. The number of aromatic nitrogens is 2. The molecule has 0 radical (unpaired) electrons. The Balaban J connectivity index is 1.82. The molecule has 7 heteroatoms. The molecule has 0 aliphatic carbocycles. The van der Waals surface area contributed by atoms with E-state index >= 15 is 0 Å². The predicted octanol–water partition coefficient (Wildman–Crippen LogP) is 0.843. The molecule has 0 spiro atoms. The number of quaternary nitrogens is 1. The zero-order valence-electron chi connectivity index (χ0n) is 16.6. The summed E-state index contributed by atoms with van der Waals surface area (Å²) in [6, 6.07) is 7.34. The zero-order valence-corrected chi connectivity index (χ0v) is 16.6. The molecule has 1 aromatic carbocycles. The topological polar surface area (TPSA) is 91.9 Å². The van der Waals surface area contributed by atoms with Crippen LogP contribution in [0, 0.1) is 0 Å². The monoisotopic (exact) mass is 385 g/mol. The first-order valence-electron chi connectivity index (χ1n) is 9.99. The van der Waals surface area contributed by atoms with Crippen molar-refractivity contribution in [1.29, 1.82) is 0 Å². The molecular weight excluding hydrogens is 356 g/mol. The van der Waals surface area contributed by atoms with Gasteiger partial charge in [0.15, 0.2) is 0 Å². The van der Waals surface area contributed by atoms with Crippen LogP contribution in [0.5, 0.6) is 5.88 Å². The normalized spacial score (nSPS) is 15.5. The molecule has 1 fully saturated rings. The molecule has 1 aliphatic heterocycles. The number of benzene rings is 1. The van der Waals surface area contributed by atoms with E-state index in [4.69, 9.17) is 0 Å². The molecule has 0 bridgehead atoms. The first-order valence-corrected chi connectivity index (χ1v) is 9.99. The second-order valence-corrected chi connectivity index (χ2v) is 7.67. The molecule has 28 heavy (non-hydrogen) atoms. The van der Waals surface area contributed by atoms with E-state index in [-0.39, 0.29) is 11.4 Å². The summed E-state index contributed by atoms with van der Waals surface area (Å²) in [5, 5.41) is 10.6. The van der Waals surface area contributed by atoms with E-state index in [1.165, 1.54) is 43.5 Å². The Morgan fingerprint density at radius 1 is 1.18 bits per heavy atom. The summed E-state index contributed by atoms with van der Waals surface area (Å²) in [4.78, 5) is 32.5. The molecule has 1 aliphatic rings. The second-order valence-electron chi connectivity index (χ2n) is 7.67. The van der Waals surface area contributed by atoms with Gasteiger partial charge in [-0.15, -0.1) is 0 Å². The molecule has 150 valence electrons. The summed E-state index contributed by atoms with van der Waals surface area (Å²) >= 11 is 0. The van der Waals surface area contributed by atoms with Gasteiger partial charge in [0.25, 0.3) is 5.56 Å². The van der Waals surface area contributed by atoms with Crippen molar-refractivity contribution in [2.24, 2.45) is 4.99 Å². The Morgan fingerprint density at radius 2 is 1.86 bits per heavy atom. The van der Waals surface area contributed by atoms with Crippen LogP contribution in [0.4, 0.5) is 0 Å². The van der Waals surface area contributed by atoms with E-state index in [9.17, 15) is 14.7 Å². The fourth-order valence-corrected chi connectivity index (χ4v) is 3.58. The Bertz CT molecular complexity index is 936. The number of rotatable bonds is 6. The number of aliphatic imine (C=N–C) groups is 1. The van der Waals surface area contributed by atoms with Crippen LogP contribution in [0.1, 0.15) is 50.2 Å². The molecule has 0 atom stereocenters. The fraction of sp³-hybridized carbons (Fsp3) is 0.476. The summed E-state index contributed by atoms with van der Waals surface area (Å²) < 4.78 is 1.10. The Kier molecular flexibility index (Phi) is 6.46. The van der Waals surface area contributed by atoms with Crippen LogP contribution < -0.4 is 16.1 Å². The van der Waals surface area contributed by atoms with E-state index in [0.29, 0.717) is 18.2 Å². The molecule has 3 N–H and O–H groups in total. The van der Waals surface area contributed by atoms with E-state index in [1.807, 2.05) is 12.1 Å². The molecule has 0 unspecified atom stereocenters. The minimum Gasteiger partial charge on any atom is -0.493 e. The van der Waals surface area contributed by atoms with Crippen molar-refractivity contribution < 1.29 is 10.0 Å². The molecule has 2 aromatic rings. The number of H-pyrrole nitrogens is 1. The van der Waals surface area contributed by atoms with Crippen molar-refractivity contribution in [3.63, 3.8) is 0 Å². The van der Waals surface area contributed by atoms with Crippen LogP contribution in [0.2, 0.25) is 0 Å². The summed E-state index contributed by atoms with van der Waals surface area (Å²) in [6.45, 7) is 7.98. The lowest BCUT2D eigenvalue weighted by Crippen LogP contribution is -3.13. The van der Waals surface area contributed by atoms with Gasteiger partial charge in [0, 0.05) is 6.21 Å². The second kappa shape index (κ2) is 9.01. The van der Waals surface area contributed by atoms with Gasteiger partial charge < -0.3 is 10.0 Å². The van der Waals surface area contributed by atoms with Gasteiger partial charge in [-0.3, -0.25) is 14.8 Å². The largest absolute Gasteiger partial charge is 0.493 e. The predicted molar refractivity (Wildman–Crippen MR) is 110 cm³/mol. The SMILES string of the molecule is CC(C)c1ccc(-n2c(O)c(C=NCC[NH+]3CCCCC3)c(=O)[nH]c2=O)cc1. The highest BCUT2D eigenvalue weighted by atomic mass is 16.3. The molecule has 7 nitrogen and oxygen atoms in total. The quantitative estimate of drug-likeness (QED) is 0.644. The first-order chi connectivity index (χ1) is 13.5. The minimum absolute atomic E-state index is 0.00109. The van der Waals surface area contributed by atoms with Crippen molar-refractivity contribution >= 4 is 6.21 Å². The van der Waals surface area contributed by atoms with Crippen molar-refractivity contribution in [3.8, 4) is 11.6 Å². The number of piperidine rings is 1. The third-order valence-corrected chi connectivity index (χ3v) is 5.31. The number of nitrogens with one attached hydrogen (secondary N) is 2. The van der Waals surface area contributed by atoms with Gasteiger partial charge in [0.05, 0.1) is 31.9 Å². The number of likely N-dealkylation sites (tertiary alicyclic amines) is 1. The van der Waals surface area contributed by atoms with Gasteiger partial charge in [0.2, 0.25) is 5.88 Å². The maximum absolute atomic E-state index is 12.3. The maximum Gasteiger partial charge on any atom is 0.335 e. The van der Waals surface area contributed by atoms with E-state index < -0.39 is 11.2 Å². The van der Waals surface area contributed by atoms with E-state index in [1.54, 1.807) is 12.1 Å². The highest BCUT2D eigenvalue weighted by molar-refractivity contribution is 5.82. The molecular formula is C21H29N4O3+. The lowest BCUT2D eigenvalue weighted by atomic mass is 10.0. The molecule has 2 heterocycles. The lowest BCUT2D eigenvalue weighted by molar-refractivity contribution is -0.903. The fourth-order valence-electron chi connectivity index (χ4n) is 3.58. The number of nitrogens with zero attached hydrogens (tertiary/aromatic N) is 2. The summed E-state index contributed by atoms with van der Waals surface area (Å²) in [5.74, 6) is -0.0280. The van der Waals surface area contributed by atoms with Gasteiger partial charge in [-0.05, 0) is 42.9 Å². The Morgan fingerprint density at radius 3 is 2.50 bits per heavy atom. The van der Waals surface area contributed by atoms with E-state index in [0.717, 1.165) is 16.7 Å². The maximum atomic E-state index is 12.3. The zero-order chi connectivity index (χ0) is 20.1. The average molecular weight is 385 g/mol. The standard InChI is InChI=1S/C21H28N4O3/c1-15(2)16-6-8-17(9-7-16)25-20(27)18(19(26)23-21(25)28)14-22-10-13-24-11-4-3-5-12-24/h6-9,14-15,27H,3-5,10-13H2,1-2H3,(H,23,26,28)/p+1. The lowest BCUT2D eigenvalue weighted by Gasteiger charge is -2.22. The molecule has 0 saturated carbocycles. The van der Waals surface area contributed by atoms with Crippen molar-refractivity contribution in [1.82, 2.24) is 9.55 Å². The van der Waals surface area contributed by atoms with Gasteiger partial charge >= 0.3 is 5.69 Å². The highest BCUT2D eigenvalue weighted by Crippen LogP contribution is 2.19. The highest BCUT2D eigenvalue weighted by Gasteiger charge is 2.15. The Labute approximate surface area is 164 Å². The van der Waals surface area contributed by atoms with Gasteiger partial charge in [0.1, 0.15) is 5.56 Å². The molecule has 1 aromatic heterocycles. The van der Waals surface area contributed by atoms with Crippen LogP contribution in [0.25, 0.3) is 5.69 Å². The number of hydrogen-bond donors (Lipinski definition) is 3. The van der Waals surface area contributed by atoms with Gasteiger partial charge in [-0.2, -0.15) is 0 Å². The smallest absolute Gasteiger partial charge is 0.335 e. The van der Waals surface area contributed by atoms with Crippen LogP contribution >= 0.6 is 0 Å². The Hall–Kier alpha value is -2.67. The van der Waals surface area contributed by atoms with Crippen LogP contribution in [-0.2, 0) is 0 Å². The van der Waals surface area contributed by atoms with Gasteiger partial charge in [-0.25, -0.2) is 9.36 Å². The third kappa shape index (κ3) is 4.59. The van der Waals surface area contributed by atoms with Crippen LogP contribution in [0.3, 0.4) is 0 Å². The minimum atomic E-state index is -0.672. The van der Waals surface area contributed by atoms with Crippen molar-refractivity contribution in [2.75, 3.05) is 26.2 Å². The number of aromatic amines is 1. The average Bonchev–Trinajstić information content (AvgIpc) is 2.68. The number of hydrogen-bond acceptors (Lipinski definition) is 4. The molecule has 1 saturated heterocycles. The van der Waals surface area contributed by atoms with Crippen LogP contribution in [0.15, 0.2) is 38.8 Å². The van der Waals surface area contributed by atoms with Gasteiger partial charge in [-0.1, -0.05) is 26.0 Å². The van der Waals surface area contributed by atoms with Crippen molar-refractivity contribution in [3.05, 3.63) is 56.2 Å². The number of aromatic hydroxyl groups is 1. The van der Waals surface area contributed by atoms with Crippen LogP contribution in [-0.4, -0.2) is 47.1 Å². The molecule has 3 rings (SSSR count).